The van der Waals surface area contributed by atoms with Crippen LogP contribution in [-0.2, 0) is 23.2 Å². The van der Waals surface area contributed by atoms with E-state index < -0.39 is 10.0 Å². The number of anilines is 1. The van der Waals surface area contributed by atoms with E-state index in [0.717, 1.165) is 4.47 Å². The second kappa shape index (κ2) is 6.17. The Balaban J connectivity index is 2.36. The summed E-state index contributed by atoms with van der Waals surface area (Å²) in [5.41, 5.74) is 1.27. The standard InChI is InChI=1S/C13H16BrN3O3S/c1-3-17-7-12(5-11(17)8-18)21(19,20)16-13-9(2)4-10(14)6-15-13/h4-7,18H,3,8H2,1-2H3,(H,15,16). The molecule has 2 N–H and O–H groups in total. The Hall–Kier alpha value is -1.38. The van der Waals surface area contributed by atoms with Crippen molar-refractivity contribution in [2.75, 3.05) is 4.72 Å². The molecule has 2 aromatic heterocycles. The molecule has 2 rings (SSSR count). The molecule has 0 bridgehead atoms. The maximum atomic E-state index is 12.4. The van der Waals surface area contributed by atoms with Gasteiger partial charge in [0.1, 0.15) is 10.7 Å². The molecule has 0 saturated heterocycles. The molecule has 2 aromatic rings. The van der Waals surface area contributed by atoms with E-state index in [9.17, 15) is 13.5 Å². The molecule has 0 fully saturated rings. The van der Waals surface area contributed by atoms with E-state index >= 15 is 0 Å². The first-order valence-corrected chi connectivity index (χ1v) is 8.60. The highest BCUT2D eigenvalue weighted by Gasteiger charge is 2.19. The van der Waals surface area contributed by atoms with Crippen LogP contribution >= 0.6 is 15.9 Å². The molecular formula is C13H16BrN3O3S. The summed E-state index contributed by atoms with van der Waals surface area (Å²) in [5, 5.41) is 9.24. The van der Waals surface area contributed by atoms with Gasteiger partial charge in [-0.15, -0.1) is 0 Å². The molecule has 0 unspecified atom stereocenters. The van der Waals surface area contributed by atoms with Crippen LogP contribution in [0, 0.1) is 6.92 Å². The quantitative estimate of drug-likeness (QED) is 0.841. The summed E-state index contributed by atoms with van der Waals surface area (Å²) >= 11 is 3.28. The Bertz CT molecular complexity index is 735. The van der Waals surface area contributed by atoms with Gasteiger partial charge in [-0.1, -0.05) is 0 Å². The molecule has 0 saturated carbocycles. The lowest BCUT2D eigenvalue weighted by atomic mass is 10.3. The third kappa shape index (κ3) is 3.45. The molecule has 0 amide bonds. The topological polar surface area (TPSA) is 84.2 Å². The number of sulfonamides is 1. The fourth-order valence-corrected chi connectivity index (χ4v) is 3.52. The minimum absolute atomic E-state index is 0.109. The van der Waals surface area contributed by atoms with Crippen molar-refractivity contribution in [2.24, 2.45) is 0 Å². The van der Waals surface area contributed by atoms with Gasteiger partial charge < -0.3 is 9.67 Å². The molecular weight excluding hydrogens is 358 g/mol. The lowest BCUT2D eigenvalue weighted by molar-refractivity contribution is 0.271. The van der Waals surface area contributed by atoms with Crippen LogP contribution in [0.5, 0.6) is 0 Å². The van der Waals surface area contributed by atoms with Crippen molar-refractivity contribution in [3.8, 4) is 0 Å². The zero-order valence-corrected chi connectivity index (χ0v) is 14.1. The lowest BCUT2D eigenvalue weighted by Gasteiger charge is -2.08. The number of hydrogen-bond acceptors (Lipinski definition) is 4. The average molecular weight is 374 g/mol. The first-order valence-electron chi connectivity index (χ1n) is 6.32. The number of hydrogen-bond donors (Lipinski definition) is 2. The lowest BCUT2D eigenvalue weighted by Crippen LogP contribution is -2.14. The average Bonchev–Trinajstić information content (AvgIpc) is 2.86. The van der Waals surface area contributed by atoms with Crippen LogP contribution in [0.3, 0.4) is 0 Å². The zero-order chi connectivity index (χ0) is 15.6. The van der Waals surface area contributed by atoms with Crippen molar-refractivity contribution >= 4 is 31.8 Å². The number of aliphatic hydroxyl groups excluding tert-OH is 1. The third-order valence-electron chi connectivity index (χ3n) is 3.05. The fraction of sp³-hybridized carbons (Fsp3) is 0.308. The number of aromatic nitrogens is 2. The highest BCUT2D eigenvalue weighted by Crippen LogP contribution is 2.21. The van der Waals surface area contributed by atoms with Crippen molar-refractivity contribution in [1.82, 2.24) is 9.55 Å². The summed E-state index contributed by atoms with van der Waals surface area (Å²) in [6, 6.07) is 3.24. The monoisotopic (exact) mass is 373 g/mol. The molecule has 8 heteroatoms. The van der Waals surface area contributed by atoms with E-state index in [0.29, 0.717) is 17.8 Å². The summed E-state index contributed by atoms with van der Waals surface area (Å²) < 4.78 is 29.7. The molecule has 0 spiro atoms. The Morgan fingerprint density at radius 1 is 1.43 bits per heavy atom. The molecule has 0 aliphatic rings. The van der Waals surface area contributed by atoms with Crippen LogP contribution in [-0.4, -0.2) is 23.1 Å². The van der Waals surface area contributed by atoms with Crippen molar-refractivity contribution in [1.29, 1.82) is 0 Å². The number of rotatable bonds is 5. The molecule has 0 radical (unpaired) electrons. The van der Waals surface area contributed by atoms with Gasteiger partial charge in [-0.25, -0.2) is 13.4 Å². The number of halogens is 1. The molecule has 21 heavy (non-hydrogen) atoms. The van der Waals surface area contributed by atoms with Gasteiger partial charge in [0.15, 0.2) is 0 Å². The number of pyridine rings is 1. The minimum atomic E-state index is -3.73. The highest BCUT2D eigenvalue weighted by molar-refractivity contribution is 9.10. The molecule has 0 aliphatic heterocycles. The zero-order valence-electron chi connectivity index (χ0n) is 11.7. The normalized spacial score (nSPS) is 11.6. The van der Waals surface area contributed by atoms with Gasteiger partial charge in [0, 0.05) is 29.1 Å². The number of nitrogens with one attached hydrogen (secondary N) is 1. The summed E-state index contributed by atoms with van der Waals surface area (Å²) in [7, 11) is -3.73. The molecule has 114 valence electrons. The smallest absolute Gasteiger partial charge is 0.264 e. The third-order valence-corrected chi connectivity index (χ3v) is 4.79. The second-order valence-electron chi connectivity index (χ2n) is 4.54. The Labute approximate surface area is 132 Å². The predicted molar refractivity (Wildman–Crippen MR) is 83.5 cm³/mol. The summed E-state index contributed by atoms with van der Waals surface area (Å²) in [5.74, 6) is 0.285. The van der Waals surface area contributed by atoms with Crippen LogP contribution in [0.2, 0.25) is 0 Å². The SMILES string of the molecule is CCn1cc(S(=O)(=O)Nc2ncc(Br)cc2C)cc1CO. The van der Waals surface area contributed by atoms with Gasteiger partial charge >= 0.3 is 0 Å². The van der Waals surface area contributed by atoms with Crippen molar-refractivity contribution in [2.45, 2.75) is 31.9 Å². The minimum Gasteiger partial charge on any atom is -0.390 e. The first-order chi connectivity index (χ1) is 9.87. The van der Waals surface area contributed by atoms with Gasteiger partial charge in [0.05, 0.1) is 6.61 Å². The van der Waals surface area contributed by atoms with Crippen molar-refractivity contribution in [3.63, 3.8) is 0 Å². The van der Waals surface area contributed by atoms with E-state index in [1.807, 2.05) is 6.92 Å². The van der Waals surface area contributed by atoms with Crippen LogP contribution < -0.4 is 4.72 Å². The molecule has 6 nitrogen and oxygen atoms in total. The Kier molecular flexibility index (Phi) is 4.70. The van der Waals surface area contributed by atoms with E-state index in [1.54, 1.807) is 17.6 Å². The van der Waals surface area contributed by atoms with Crippen molar-refractivity contribution < 1.29 is 13.5 Å². The molecule has 0 aromatic carbocycles. The van der Waals surface area contributed by atoms with Crippen LogP contribution in [0.1, 0.15) is 18.2 Å². The first kappa shape index (κ1) is 16.0. The van der Waals surface area contributed by atoms with Crippen LogP contribution in [0.15, 0.2) is 33.9 Å². The van der Waals surface area contributed by atoms with Crippen LogP contribution in [0.4, 0.5) is 5.82 Å². The second-order valence-corrected chi connectivity index (χ2v) is 7.13. The maximum Gasteiger partial charge on any atom is 0.264 e. The Morgan fingerprint density at radius 3 is 2.67 bits per heavy atom. The van der Waals surface area contributed by atoms with Gasteiger partial charge in [0.25, 0.3) is 10.0 Å². The molecule has 0 atom stereocenters. The Morgan fingerprint density at radius 2 is 2.14 bits per heavy atom. The van der Waals surface area contributed by atoms with Gasteiger partial charge in [-0.3, -0.25) is 4.72 Å². The van der Waals surface area contributed by atoms with E-state index in [1.165, 1.54) is 18.5 Å². The van der Waals surface area contributed by atoms with Gasteiger partial charge in [-0.05, 0) is 47.5 Å². The number of nitrogens with zero attached hydrogens (tertiary/aromatic N) is 2. The fourth-order valence-electron chi connectivity index (χ4n) is 1.93. The highest BCUT2D eigenvalue weighted by atomic mass is 79.9. The largest absolute Gasteiger partial charge is 0.390 e. The molecule has 0 aliphatic carbocycles. The summed E-state index contributed by atoms with van der Waals surface area (Å²) in [6.45, 7) is 4.02. The number of aliphatic hydroxyl groups is 1. The van der Waals surface area contributed by atoms with E-state index in [2.05, 4.69) is 25.6 Å². The predicted octanol–water partition coefficient (Wildman–Crippen LogP) is 2.27. The maximum absolute atomic E-state index is 12.4. The molecule has 2 heterocycles. The summed E-state index contributed by atoms with van der Waals surface area (Å²) in [6.07, 6.45) is 3.03. The van der Waals surface area contributed by atoms with Gasteiger partial charge in [-0.2, -0.15) is 0 Å². The van der Waals surface area contributed by atoms with E-state index in [4.69, 9.17) is 0 Å². The van der Waals surface area contributed by atoms with E-state index in [-0.39, 0.29) is 17.3 Å². The number of aryl methyl sites for hydroxylation is 2. The summed E-state index contributed by atoms with van der Waals surface area (Å²) in [4.78, 5) is 4.17. The van der Waals surface area contributed by atoms with Crippen LogP contribution in [0.25, 0.3) is 0 Å². The van der Waals surface area contributed by atoms with Crippen molar-refractivity contribution in [3.05, 3.63) is 40.3 Å². The van der Waals surface area contributed by atoms with Gasteiger partial charge in [0.2, 0.25) is 0 Å².